The van der Waals surface area contributed by atoms with Crippen LogP contribution < -0.4 is 10.1 Å². The van der Waals surface area contributed by atoms with Crippen LogP contribution in [-0.2, 0) is 9.59 Å². The summed E-state index contributed by atoms with van der Waals surface area (Å²) in [6, 6.07) is 15.7. The van der Waals surface area contributed by atoms with Crippen molar-refractivity contribution in [2.45, 2.75) is 20.8 Å². The van der Waals surface area contributed by atoms with E-state index in [0.717, 1.165) is 22.6 Å². The quantitative estimate of drug-likeness (QED) is 0.220. The van der Waals surface area contributed by atoms with Crippen molar-refractivity contribution < 1.29 is 14.3 Å². The number of esters is 1. The van der Waals surface area contributed by atoms with Crippen LogP contribution in [0.15, 0.2) is 54.1 Å². The molecule has 0 saturated carbocycles. The molecule has 1 heterocycles. The number of ether oxygens (including phenoxy) is 1. The number of aryl methyl sites for hydroxylation is 1. The first-order valence-electron chi connectivity index (χ1n) is 9.56. The van der Waals surface area contributed by atoms with E-state index in [2.05, 4.69) is 5.32 Å². The highest BCUT2D eigenvalue weighted by Crippen LogP contribution is 2.30. The molecule has 2 aromatic carbocycles. The number of nitriles is 1. The van der Waals surface area contributed by atoms with E-state index >= 15 is 0 Å². The standard InChI is InChI=1S/C24H19Cl2N3O3/c1-14-11-17(15(2)29(14)19-7-9-20(10-8-19)32-16(3)30)12-18(13-27)24(31)28-22-6-4-5-21(25)23(22)26/h4-12H,1-3H3,(H,28,31)/b18-12-. The van der Waals surface area contributed by atoms with Crippen molar-refractivity contribution in [2.75, 3.05) is 5.32 Å². The lowest BCUT2D eigenvalue weighted by Gasteiger charge is -2.11. The third kappa shape index (κ3) is 5.02. The molecular formula is C24H19Cl2N3O3. The van der Waals surface area contributed by atoms with Gasteiger partial charge in [-0.2, -0.15) is 5.26 Å². The van der Waals surface area contributed by atoms with Crippen LogP contribution >= 0.6 is 23.2 Å². The van der Waals surface area contributed by atoms with E-state index in [9.17, 15) is 14.9 Å². The zero-order valence-electron chi connectivity index (χ0n) is 17.6. The molecule has 0 saturated heterocycles. The van der Waals surface area contributed by atoms with E-state index in [1.807, 2.05) is 42.7 Å². The summed E-state index contributed by atoms with van der Waals surface area (Å²) in [6.45, 7) is 5.15. The Bertz CT molecular complexity index is 1270. The first-order valence-corrected chi connectivity index (χ1v) is 10.3. The Labute approximate surface area is 195 Å². The lowest BCUT2D eigenvalue weighted by atomic mass is 10.1. The molecule has 1 amide bonds. The molecule has 0 radical (unpaired) electrons. The number of halogens is 2. The zero-order valence-corrected chi connectivity index (χ0v) is 19.1. The smallest absolute Gasteiger partial charge is 0.308 e. The summed E-state index contributed by atoms with van der Waals surface area (Å²) in [5.41, 5.74) is 3.56. The highest BCUT2D eigenvalue weighted by atomic mass is 35.5. The molecule has 162 valence electrons. The molecule has 1 aromatic heterocycles. The van der Waals surface area contributed by atoms with Crippen LogP contribution in [0.4, 0.5) is 5.69 Å². The number of carbonyl (C=O) groups excluding carboxylic acids is 2. The Balaban J connectivity index is 1.90. The lowest BCUT2D eigenvalue weighted by molar-refractivity contribution is -0.131. The molecule has 3 rings (SSSR count). The number of aromatic nitrogens is 1. The van der Waals surface area contributed by atoms with Gasteiger partial charge in [0.25, 0.3) is 5.91 Å². The summed E-state index contributed by atoms with van der Waals surface area (Å²) in [6.07, 6.45) is 1.53. The predicted molar refractivity (Wildman–Crippen MR) is 125 cm³/mol. The second-order valence-electron chi connectivity index (χ2n) is 6.97. The van der Waals surface area contributed by atoms with Crippen LogP contribution in [0.3, 0.4) is 0 Å². The van der Waals surface area contributed by atoms with Crippen LogP contribution in [0.25, 0.3) is 11.8 Å². The summed E-state index contributed by atoms with van der Waals surface area (Å²) < 4.78 is 7.05. The molecular weight excluding hydrogens is 449 g/mol. The number of amides is 1. The van der Waals surface area contributed by atoms with Gasteiger partial charge in [-0.25, -0.2) is 0 Å². The number of nitrogens with zero attached hydrogens (tertiary/aromatic N) is 2. The van der Waals surface area contributed by atoms with Crippen LogP contribution in [-0.4, -0.2) is 16.4 Å². The van der Waals surface area contributed by atoms with Crippen molar-refractivity contribution >= 4 is 46.8 Å². The average Bonchev–Trinajstić information content (AvgIpc) is 3.02. The van der Waals surface area contributed by atoms with E-state index in [1.165, 1.54) is 13.0 Å². The molecule has 0 atom stereocenters. The fraction of sp³-hybridized carbons (Fsp3) is 0.125. The molecule has 0 aliphatic rings. The highest BCUT2D eigenvalue weighted by Gasteiger charge is 2.16. The predicted octanol–water partition coefficient (Wildman–Crippen LogP) is 5.87. The van der Waals surface area contributed by atoms with Crippen LogP contribution in [0, 0.1) is 25.2 Å². The molecule has 8 heteroatoms. The molecule has 0 spiro atoms. The van der Waals surface area contributed by atoms with E-state index in [1.54, 1.807) is 30.3 Å². The van der Waals surface area contributed by atoms with Gasteiger partial charge in [0.15, 0.2) is 0 Å². The largest absolute Gasteiger partial charge is 0.427 e. The van der Waals surface area contributed by atoms with E-state index in [-0.39, 0.29) is 16.6 Å². The molecule has 1 N–H and O–H groups in total. The van der Waals surface area contributed by atoms with Gasteiger partial charge in [-0.05, 0) is 68.0 Å². The van der Waals surface area contributed by atoms with Gasteiger partial charge in [-0.1, -0.05) is 29.3 Å². The third-order valence-electron chi connectivity index (χ3n) is 4.69. The number of nitrogens with one attached hydrogen (secondary N) is 1. The molecule has 3 aromatic rings. The molecule has 0 unspecified atom stereocenters. The van der Waals surface area contributed by atoms with Gasteiger partial charge in [0.05, 0.1) is 15.7 Å². The topological polar surface area (TPSA) is 84.1 Å². The number of anilines is 1. The maximum Gasteiger partial charge on any atom is 0.308 e. The van der Waals surface area contributed by atoms with Gasteiger partial charge in [-0.15, -0.1) is 0 Å². The van der Waals surface area contributed by atoms with Crippen LogP contribution in [0.1, 0.15) is 23.9 Å². The zero-order chi connectivity index (χ0) is 23.4. The molecule has 0 aliphatic heterocycles. The molecule has 0 bridgehead atoms. The van der Waals surface area contributed by atoms with Crippen LogP contribution in [0.5, 0.6) is 5.75 Å². The summed E-state index contributed by atoms with van der Waals surface area (Å²) in [4.78, 5) is 23.8. The number of hydrogen-bond acceptors (Lipinski definition) is 4. The van der Waals surface area contributed by atoms with Gasteiger partial charge >= 0.3 is 5.97 Å². The van der Waals surface area contributed by atoms with Gasteiger partial charge in [-0.3, -0.25) is 9.59 Å². The van der Waals surface area contributed by atoms with E-state index in [4.69, 9.17) is 27.9 Å². The molecule has 0 aliphatic carbocycles. The second kappa shape index (κ2) is 9.73. The van der Waals surface area contributed by atoms with Crippen molar-refractivity contribution in [1.82, 2.24) is 4.57 Å². The van der Waals surface area contributed by atoms with Crippen molar-refractivity contribution in [2.24, 2.45) is 0 Å². The summed E-state index contributed by atoms with van der Waals surface area (Å²) >= 11 is 12.1. The minimum absolute atomic E-state index is 0.0773. The number of hydrogen-bond donors (Lipinski definition) is 1. The number of benzene rings is 2. The fourth-order valence-electron chi connectivity index (χ4n) is 3.25. The van der Waals surface area contributed by atoms with Gasteiger partial charge in [0.2, 0.25) is 0 Å². The maximum absolute atomic E-state index is 12.7. The van der Waals surface area contributed by atoms with E-state index < -0.39 is 5.91 Å². The minimum atomic E-state index is -0.591. The van der Waals surface area contributed by atoms with Crippen molar-refractivity contribution in [3.8, 4) is 17.5 Å². The summed E-state index contributed by atoms with van der Waals surface area (Å²) in [5.74, 6) is -0.529. The molecule has 0 fully saturated rings. The van der Waals surface area contributed by atoms with Crippen molar-refractivity contribution in [3.63, 3.8) is 0 Å². The third-order valence-corrected chi connectivity index (χ3v) is 5.51. The van der Waals surface area contributed by atoms with E-state index in [0.29, 0.717) is 16.5 Å². The van der Waals surface area contributed by atoms with Gasteiger partial charge < -0.3 is 14.6 Å². The van der Waals surface area contributed by atoms with Crippen molar-refractivity contribution in [3.05, 3.63) is 81.1 Å². The Morgan fingerprint density at radius 1 is 1.12 bits per heavy atom. The Kier molecular flexibility index (Phi) is 7.04. The monoisotopic (exact) mass is 467 g/mol. The van der Waals surface area contributed by atoms with Gasteiger partial charge in [0, 0.05) is 24.0 Å². The number of rotatable bonds is 5. The Morgan fingerprint density at radius 2 is 1.81 bits per heavy atom. The normalized spacial score (nSPS) is 11.1. The maximum atomic E-state index is 12.7. The number of carbonyl (C=O) groups is 2. The first kappa shape index (κ1) is 23.1. The summed E-state index contributed by atoms with van der Waals surface area (Å²) in [7, 11) is 0. The van der Waals surface area contributed by atoms with Crippen LogP contribution in [0.2, 0.25) is 10.0 Å². The van der Waals surface area contributed by atoms with Crippen molar-refractivity contribution in [1.29, 1.82) is 5.26 Å². The fourth-order valence-corrected chi connectivity index (χ4v) is 3.60. The Hall–Kier alpha value is -3.53. The lowest BCUT2D eigenvalue weighted by Crippen LogP contribution is -2.13. The average molecular weight is 468 g/mol. The SMILES string of the molecule is CC(=O)Oc1ccc(-n2c(C)cc(/C=C(/C#N)C(=O)Nc3cccc(Cl)c3Cl)c2C)cc1. The molecule has 32 heavy (non-hydrogen) atoms. The highest BCUT2D eigenvalue weighted by molar-refractivity contribution is 6.44. The van der Waals surface area contributed by atoms with Gasteiger partial charge in [0.1, 0.15) is 17.4 Å². The minimum Gasteiger partial charge on any atom is -0.427 e. The second-order valence-corrected chi connectivity index (χ2v) is 7.76. The molecule has 6 nitrogen and oxygen atoms in total. The summed E-state index contributed by atoms with van der Waals surface area (Å²) in [5, 5.41) is 12.7. The Morgan fingerprint density at radius 3 is 2.44 bits per heavy atom. The first-order chi connectivity index (χ1) is 15.2.